The number of benzene rings is 2. The lowest BCUT2D eigenvalue weighted by atomic mass is 10.2. The molecule has 1 aliphatic rings. The molecule has 1 N–H and O–H groups in total. The fraction of sp³-hybridized carbons (Fsp3) is 0.273. The lowest BCUT2D eigenvalue weighted by molar-refractivity contribution is 0.103. The number of hydrogen-bond acceptors (Lipinski definition) is 5. The Morgan fingerprint density at radius 1 is 1.03 bits per heavy atom. The van der Waals surface area contributed by atoms with Crippen molar-refractivity contribution in [2.75, 3.05) is 43.4 Å². The second-order valence-electron chi connectivity index (χ2n) is 7.23. The molecule has 0 atom stereocenters. The second kappa shape index (κ2) is 8.31. The molecule has 0 unspecified atom stereocenters. The SMILES string of the molecule is Cc1nc(-c2ccc(F)cc2)sc1C(=O)Nc1ccc(N2CCN(C)CC2)cc1. The first kappa shape index (κ1) is 19.5. The molecule has 1 amide bonds. The quantitative estimate of drug-likeness (QED) is 0.698. The van der Waals surface area contributed by atoms with Gasteiger partial charge >= 0.3 is 0 Å². The summed E-state index contributed by atoms with van der Waals surface area (Å²) in [5.74, 6) is -0.472. The van der Waals surface area contributed by atoms with Gasteiger partial charge in [0.15, 0.2) is 0 Å². The minimum atomic E-state index is -0.292. The fourth-order valence-corrected chi connectivity index (χ4v) is 4.30. The van der Waals surface area contributed by atoms with Crippen molar-refractivity contribution in [3.8, 4) is 10.6 Å². The Kier molecular flexibility index (Phi) is 5.60. The van der Waals surface area contributed by atoms with Gasteiger partial charge in [-0.05, 0) is 62.5 Å². The van der Waals surface area contributed by atoms with Crippen LogP contribution in [0.2, 0.25) is 0 Å². The number of carbonyl (C=O) groups is 1. The summed E-state index contributed by atoms with van der Waals surface area (Å²) in [6.45, 7) is 5.94. The molecule has 2 heterocycles. The highest BCUT2D eigenvalue weighted by Crippen LogP contribution is 2.29. The van der Waals surface area contributed by atoms with Gasteiger partial charge in [-0.1, -0.05) is 0 Å². The van der Waals surface area contributed by atoms with E-state index in [4.69, 9.17) is 0 Å². The van der Waals surface area contributed by atoms with E-state index < -0.39 is 0 Å². The smallest absolute Gasteiger partial charge is 0.267 e. The van der Waals surface area contributed by atoms with Crippen LogP contribution < -0.4 is 10.2 Å². The molecule has 1 aliphatic heterocycles. The van der Waals surface area contributed by atoms with E-state index in [9.17, 15) is 9.18 Å². The lowest BCUT2D eigenvalue weighted by Gasteiger charge is -2.34. The highest BCUT2D eigenvalue weighted by molar-refractivity contribution is 7.17. The molecule has 5 nitrogen and oxygen atoms in total. The predicted octanol–water partition coefficient (Wildman–Crippen LogP) is 4.26. The van der Waals surface area contributed by atoms with Crippen LogP contribution in [0.3, 0.4) is 0 Å². The first-order chi connectivity index (χ1) is 14.0. The molecule has 1 fully saturated rings. The molecule has 0 bridgehead atoms. The standard InChI is InChI=1S/C22H23FN4OS/c1-15-20(29-22(24-15)16-3-5-17(23)6-4-16)21(28)25-18-7-9-19(10-8-18)27-13-11-26(2)12-14-27/h3-10H,11-14H2,1-2H3,(H,25,28). The zero-order valence-corrected chi connectivity index (χ0v) is 17.3. The Labute approximate surface area is 173 Å². The van der Waals surface area contributed by atoms with Crippen LogP contribution in [0.4, 0.5) is 15.8 Å². The van der Waals surface area contributed by atoms with E-state index in [0.29, 0.717) is 15.6 Å². The van der Waals surface area contributed by atoms with Gasteiger partial charge in [-0.25, -0.2) is 9.37 Å². The molecule has 150 valence electrons. The van der Waals surface area contributed by atoms with Crippen LogP contribution in [-0.2, 0) is 0 Å². The van der Waals surface area contributed by atoms with E-state index in [1.807, 2.05) is 31.2 Å². The van der Waals surface area contributed by atoms with Crippen molar-refractivity contribution < 1.29 is 9.18 Å². The molecule has 0 aliphatic carbocycles. The number of likely N-dealkylation sites (N-methyl/N-ethyl adjacent to an activating group) is 1. The first-order valence-corrected chi connectivity index (χ1v) is 10.4. The number of anilines is 2. The van der Waals surface area contributed by atoms with Gasteiger partial charge in [-0.2, -0.15) is 0 Å². The van der Waals surface area contributed by atoms with Gasteiger partial charge < -0.3 is 15.1 Å². The normalized spacial score (nSPS) is 14.8. The van der Waals surface area contributed by atoms with E-state index in [2.05, 4.69) is 27.1 Å². The van der Waals surface area contributed by atoms with Crippen LogP contribution >= 0.6 is 11.3 Å². The monoisotopic (exact) mass is 410 g/mol. The average molecular weight is 411 g/mol. The maximum absolute atomic E-state index is 13.1. The highest BCUT2D eigenvalue weighted by Gasteiger charge is 2.17. The van der Waals surface area contributed by atoms with Crippen molar-refractivity contribution in [3.05, 3.63) is 64.9 Å². The van der Waals surface area contributed by atoms with Crippen molar-refractivity contribution in [1.29, 1.82) is 0 Å². The number of halogens is 1. The largest absolute Gasteiger partial charge is 0.369 e. The molecule has 0 spiro atoms. The topological polar surface area (TPSA) is 48.5 Å². The summed E-state index contributed by atoms with van der Waals surface area (Å²) in [6, 6.07) is 14.1. The van der Waals surface area contributed by atoms with Crippen molar-refractivity contribution in [1.82, 2.24) is 9.88 Å². The number of aryl methyl sites for hydroxylation is 1. The van der Waals surface area contributed by atoms with Crippen LogP contribution in [-0.4, -0.2) is 49.0 Å². The third-order valence-corrected chi connectivity index (χ3v) is 6.29. The third-order valence-electron chi connectivity index (χ3n) is 5.09. The number of amides is 1. The molecule has 2 aromatic carbocycles. The number of nitrogens with one attached hydrogen (secondary N) is 1. The van der Waals surface area contributed by atoms with Gasteiger partial charge in [0, 0.05) is 43.1 Å². The molecular formula is C22H23FN4OS. The third kappa shape index (κ3) is 4.46. The van der Waals surface area contributed by atoms with Gasteiger partial charge in [-0.3, -0.25) is 4.79 Å². The fourth-order valence-electron chi connectivity index (χ4n) is 3.33. The number of nitrogens with zero attached hydrogens (tertiary/aromatic N) is 3. The van der Waals surface area contributed by atoms with Crippen LogP contribution in [0.1, 0.15) is 15.4 Å². The predicted molar refractivity (Wildman–Crippen MR) is 116 cm³/mol. The number of thiazole rings is 1. The van der Waals surface area contributed by atoms with Crippen LogP contribution in [0, 0.1) is 12.7 Å². The zero-order chi connectivity index (χ0) is 20.4. The summed E-state index contributed by atoms with van der Waals surface area (Å²) in [6.07, 6.45) is 0. The number of aromatic nitrogens is 1. The van der Waals surface area contributed by atoms with E-state index >= 15 is 0 Å². The Morgan fingerprint density at radius 2 is 1.69 bits per heavy atom. The highest BCUT2D eigenvalue weighted by atomic mass is 32.1. The maximum atomic E-state index is 13.1. The van der Waals surface area contributed by atoms with E-state index in [0.717, 1.165) is 37.4 Å². The summed E-state index contributed by atoms with van der Waals surface area (Å²) in [5.41, 5.74) is 3.39. The average Bonchev–Trinajstić information content (AvgIpc) is 3.11. The molecule has 0 radical (unpaired) electrons. The van der Waals surface area contributed by atoms with Gasteiger partial charge in [0.05, 0.1) is 5.69 Å². The van der Waals surface area contributed by atoms with Crippen LogP contribution in [0.15, 0.2) is 48.5 Å². The number of piperazine rings is 1. The summed E-state index contributed by atoms with van der Waals surface area (Å²) in [4.78, 5) is 22.5. The van der Waals surface area contributed by atoms with Crippen molar-refractivity contribution >= 4 is 28.6 Å². The Bertz CT molecular complexity index is 993. The number of rotatable bonds is 4. The summed E-state index contributed by atoms with van der Waals surface area (Å²) in [5, 5.41) is 3.66. The minimum Gasteiger partial charge on any atom is -0.369 e. The molecule has 4 rings (SSSR count). The molecule has 1 aromatic heterocycles. The Hall–Kier alpha value is -2.77. The molecule has 29 heavy (non-hydrogen) atoms. The number of carbonyl (C=O) groups excluding carboxylic acids is 1. The molecular weight excluding hydrogens is 387 g/mol. The summed E-state index contributed by atoms with van der Waals surface area (Å²) in [7, 11) is 2.14. The lowest BCUT2D eigenvalue weighted by Crippen LogP contribution is -2.44. The second-order valence-corrected chi connectivity index (χ2v) is 8.23. The molecule has 3 aromatic rings. The van der Waals surface area contributed by atoms with Crippen molar-refractivity contribution in [2.45, 2.75) is 6.92 Å². The van der Waals surface area contributed by atoms with Crippen molar-refractivity contribution in [2.24, 2.45) is 0 Å². The maximum Gasteiger partial charge on any atom is 0.267 e. The summed E-state index contributed by atoms with van der Waals surface area (Å²) >= 11 is 1.31. The molecule has 7 heteroatoms. The zero-order valence-electron chi connectivity index (χ0n) is 16.5. The van der Waals surface area contributed by atoms with Crippen LogP contribution in [0.5, 0.6) is 0 Å². The van der Waals surface area contributed by atoms with E-state index in [-0.39, 0.29) is 11.7 Å². The Balaban J connectivity index is 1.45. The molecule has 1 saturated heterocycles. The van der Waals surface area contributed by atoms with E-state index in [1.165, 1.54) is 29.2 Å². The number of hydrogen-bond donors (Lipinski definition) is 1. The first-order valence-electron chi connectivity index (χ1n) is 9.58. The van der Waals surface area contributed by atoms with Gasteiger partial charge in [0.1, 0.15) is 15.7 Å². The van der Waals surface area contributed by atoms with Gasteiger partial charge in [0.25, 0.3) is 5.91 Å². The Morgan fingerprint density at radius 3 is 2.34 bits per heavy atom. The summed E-state index contributed by atoms with van der Waals surface area (Å²) < 4.78 is 13.1. The van der Waals surface area contributed by atoms with Crippen LogP contribution in [0.25, 0.3) is 10.6 Å². The van der Waals surface area contributed by atoms with Gasteiger partial charge in [0.2, 0.25) is 0 Å². The molecule has 0 saturated carbocycles. The van der Waals surface area contributed by atoms with E-state index in [1.54, 1.807) is 12.1 Å². The van der Waals surface area contributed by atoms with Gasteiger partial charge in [-0.15, -0.1) is 11.3 Å². The van der Waals surface area contributed by atoms with Crippen molar-refractivity contribution in [3.63, 3.8) is 0 Å². The minimum absolute atomic E-state index is 0.180.